The molecule has 2 N–H and O–H groups in total. The van der Waals surface area contributed by atoms with Crippen LogP contribution in [-0.4, -0.2) is 101 Å². The molecule has 0 aliphatic heterocycles. The Morgan fingerprint density at radius 3 is 1.17 bits per heavy atom. The molecule has 0 saturated heterocycles. The van der Waals surface area contributed by atoms with Crippen LogP contribution in [0.5, 0.6) is 0 Å². The molecule has 0 aliphatic carbocycles. The molecule has 0 aromatic heterocycles. The molecule has 0 aliphatic rings. The summed E-state index contributed by atoms with van der Waals surface area (Å²) < 4.78 is 33.6. The molecule has 214 valence electrons. The Labute approximate surface area is 220 Å². The molecular formula is C24H58O8Si3. The van der Waals surface area contributed by atoms with Gasteiger partial charge < -0.3 is 29.2 Å². The highest BCUT2D eigenvalue weighted by Crippen LogP contribution is 2.20. The van der Waals surface area contributed by atoms with Crippen LogP contribution < -0.4 is 0 Å². The highest BCUT2D eigenvalue weighted by Gasteiger charge is 2.30. The zero-order valence-corrected chi connectivity index (χ0v) is 27.5. The van der Waals surface area contributed by atoms with Gasteiger partial charge in [-0.2, -0.15) is 0 Å². The van der Waals surface area contributed by atoms with E-state index in [9.17, 15) is 10.2 Å². The second-order valence-electron chi connectivity index (χ2n) is 10.2. The van der Waals surface area contributed by atoms with Crippen LogP contribution in [0.3, 0.4) is 0 Å². The van der Waals surface area contributed by atoms with Crippen molar-refractivity contribution in [3.63, 3.8) is 0 Å². The number of aliphatic hydroxyl groups is 2. The molecule has 2 unspecified atom stereocenters. The van der Waals surface area contributed by atoms with Crippen molar-refractivity contribution in [3.05, 3.63) is 0 Å². The van der Waals surface area contributed by atoms with E-state index in [0.29, 0.717) is 62.4 Å². The molecular weight excluding hydrogens is 501 g/mol. The van der Waals surface area contributed by atoms with Crippen molar-refractivity contribution in [2.45, 2.75) is 103 Å². The second-order valence-corrected chi connectivity index (χ2v) is 20.0. The predicted octanol–water partition coefficient (Wildman–Crippen LogP) is 3.98. The molecule has 0 aromatic carbocycles. The van der Waals surface area contributed by atoms with E-state index in [4.69, 9.17) is 28.1 Å². The Morgan fingerprint density at radius 2 is 0.886 bits per heavy atom. The van der Waals surface area contributed by atoms with Gasteiger partial charge in [-0.1, -0.05) is 26.9 Å². The van der Waals surface area contributed by atoms with Crippen molar-refractivity contribution in [3.8, 4) is 0 Å². The van der Waals surface area contributed by atoms with E-state index in [1.807, 2.05) is 13.8 Å². The summed E-state index contributed by atoms with van der Waals surface area (Å²) in [6.07, 6.45) is 2.51. The molecule has 0 heterocycles. The average Bonchev–Trinajstić information content (AvgIpc) is 2.78. The molecule has 8 nitrogen and oxygen atoms in total. The average molecular weight is 559 g/mol. The zero-order valence-electron chi connectivity index (χ0n) is 24.1. The van der Waals surface area contributed by atoms with Gasteiger partial charge in [-0.05, 0) is 64.0 Å². The number of rotatable bonds is 23. The number of aliphatic hydroxyl groups excluding tert-OH is 2. The lowest BCUT2D eigenvalue weighted by Crippen LogP contribution is -2.39. The lowest BCUT2D eigenvalue weighted by atomic mass is 10.4. The van der Waals surface area contributed by atoms with Crippen LogP contribution in [0.1, 0.15) is 39.5 Å². The molecule has 0 rings (SSSR count). The normalized spacial score (nSPS) is 13.9. The number of ether oxygens (including phenoxy) is 4. The minimum absolute atomic E-state index is 0.299. The van der Waals surface area contributed by atoms with Crippen LogP contribution >= 0.6 is 0 Å². The molecule has 11 heteroatoms. The minimum atomic E-state index is -1.93. The van der Waals surface area contributed by atoms with Gasteiger partial charge in [0.1, 0.15) is 12.2 Å². The van der Waals surface area contributed by atoms with Crippen LogP contribution in [0.15, 0.2) is 0 Å². The van der Waals surface area contributed by atoms with Crippen molar-refractivity contribution in [1.82, 2.24) is 0 Å². The van der Waals surface area contributed by atoms with E-state index < -0.39 is 28.8 Å². The Bertz CT molecular complexity index is 407. The van der Waals surface area contributed by atoms with Crippen LogP contribution in [-0.2, 0) is 28.1 Å². The van der Waals surface area contributed by atoms with E-state index in [-0.39, 0.29) is 0 Å². The van der Waals surface area contributed by atoms with Gasteiger partial charge in [0.25, 0.3) is 0 Å². The molecule has 0 bridgehead atoms. The standard InChI is InChI=1S/C22H50O8Si2.C2H8Si/c1-7-11-25-17-21(23)19-27-13-9-15-31(3,4)29-30-32(5,6)16-10-14-28-20-22(24)18-26-12-8-2;1-3-2/h21-24H,7-20H2,1-6H3;3H2,1-2H3. The molecule has 2 atom stereocenters. The Balaban J connectivity index is 0. The van der Waals surface area contributed by atoms with Crippen LogP contribution in [0.25, 0.3) is 0 Å². The summed E-state index contributed by atoms with van der Waals surface area (Å²) in [7, 11) is -3.45. The van der Waals surface area contributed by atoms with Crippen molar-refractivity contribution < 1.29 is 38.3 Å². The van der Waals surface area contributed by atoms with Crippen molar-refractivity contribution in [1.29, 1.82) is 0 Å². The summed E-state index contributed by atoms with van der Waals surface area (Å²) in [5.41, 5.74) is 0. The number of hydrogen-bond donors (Lipinski definition) is 2. The SMILES string of the molecule is CCCOCC(O)COCCC[Si](C)(C)OO[Si](C)(C)CCCOCC(O)COCCC.C[SiH2]C. The van der Waals surface area contributed by atoms with Gasteiger partial charge in [0.15, 0.2) is 0 Å². The Hall–Kier alpha value is 0.331. The first-order valence-electron chi connectivity index (χ1n) is 13.6. The maximum absolute atomic E-state index is 9.78. The summed E-state index contributed by atoms with van der Waals surface area (Å²) in [6.45, 7) is 21.0. The van der Waals surface area contributed by atoms with Gasteiger partial charge in [-0.25, -0.2) is 0 Å². The molecule has 0 spiro atoms. The number of hydrogen-bond acceptors (Lipinski definition) is 8. The fraction of sp³-hybridized carbons (Fsp3) is 1.00. The molecule has 0 amide bonds. The second kappa shape index (κ2) is 24.7. The maximum atomic E-state index is 9.78. The highest BCUT2D eigenvalue weighted by molar-refractivity contribution is 6.73. The molecule has 0 saturated carbocycles. The van der Waals surface area contributed by atoms with Gasteiger partial charge in [0.05, 0.1) is 26.4 Å². The molecule has 0 radical (unpaired) electrons. The van der Waals surface area contributed by atoms with E-state index in [1.54, 1.807) is 0 Å². The third kappa shape index (κ3) is 28.7. The lowest BCUT2D eigenvalue weighted by Gasteiger charge is -2.28. The summed E-state index contributed by atoms with van der Waals surface area (Å²) in [5.74, 6) is 0. The summed E-state index contributed by atoms with van der Waals surface area (Å²) in [4.78, 5) is 0. The fourth-order valence-electron chi connectivity index (χ4n) is 2.77. The van der Waals surface area contributed by atoms with E-state index in [1.165, 1.54) is 0 Å². The first-order valence-corrected chi connectivity index (χ1v) is 22.6. The van der Waals surface area contributed by atoms with Gasteiger partial charge in [-0.15, -0.1) is 0 Å². The molecule has 0 aromatic rings. The van der Waals surface area contributed by atoms with Crippen molar-refractivity contribution in [2.75, 3.05) is 52.9 Å². The van der Waals surface area contributed by atoms with Crippen molar-refractivity contribution >= 4 is 26.2 Å². The Kier molecular flexibility index (Phi) is 26.4. The first kappa shape index (κ1) is 37.5. The highest BCUT2D eigenvalue weighted by atomic mass is 28.4. The summed E-state index contributed by atoms with van der Waals surface area (Å²) in [6, 6.07) is 1.86. The summed E-state index contributed by atoms with van der Waals surface area (Å²) in [5, 5.41) is 19.6. The zero-order chi connectivity index (χ0) is 27.0. The topological polar surface area (TPSA) is 95.8 Å². The quantitative estimate of drug-likeness (QED) is 0.0841. The van der Waals surface area contributed by atoms with Gasteiger partial charge in [-0.3, -0.25) is 9.15 Å². The van der Waals surface area contributed by atoms with Gasteiger partial charge in [0, 0.05) is 35.9 Å². The van der Waals surface area contributed by atoms with Crippen LogP contribution in [0.2, 0.25) is 51.4 Å². The largest absolute Gasteiger partial charge is 0.388 e. The summed E-state index contributed by atoms with van der Waals surface area (Å²) >= 11 is 0. The van der Waals surface area contributed by atoms with E-state index in [2.05, 4.69) is 39.3 Å². The van der Waals surface area contributed by atoms with E-state index >= 15 is 0 Å². The van der Waals surface area contributed by atoms with Gasteiger partial charge in [0.2, 0.25) is 16.6 Å². The van der Waals surface area contributed by atoms with Crippen LogP contribution in [0.4, 0.5) is 0 Å². The fourth-order valence-corrected chi connectivity index (χ4v) is 6.73. The Morgan fingerprint density at radius 1 is 0.600 bits per heavy atom. The maximum Gasteiger partial charge on any atom is 0.231 e. The van der Waals surface area contributed by atoms with Crippen LogP contribution in [0, 0.1) is 0 Å². The minimum Gasteiger partial charge on any atom is -0.388 e. The third-order valence-corrected chi connectivity index (χ3v) is 8.92. The predicted molar refractivity (Wildman–Crippen MR) is 152 cm³/mol. The third-order valence-electron chi connectivity index (χ3n) is 4.57. The van der Waals surface area contributed by atoms with E-state index in [0.717, 1.165) is 37.8 Å². The molecule has 0 fully saturated rings. The van der Waals surface area contributed by atoms with Gasteiger partial charge >= 0.3 is 0 Å². The molecule has 35 heavy (non-hydrogen) atoms. The lowest BCUT2D eigenvalue weighted by molar-refractivity contribution is -0.126. The first-order chi connectivity index (χ1) is 16.5. The monoisotopic (exact) mass is 558 g/mol. The smallest absolute Gasteiger partial charge is 0.231 e. The van der Waals surface area contributed by atoms with Crippen molar-refractivity contribution in [2.24, 2.45) is 0 Å².